The lowest BCUT2D eigenvalue weighted by molar-refractivity contribution is -0.151. The fourth-order valence-corrected chi connectivity index (χ4v) is 5.92. The molecule has 3 aliphatic heterocycles. The van der Waals surface area contributed by atoms with Crippen molar-refractivity contribution in [3.63, 3.8) is 0 Å². The van der Waals surface area contributed by atoms with Gasteiger partial charge in [-0.15, -0.1) is 0 Å². The van der Waals surface area contributed by atoms with Gasteiger partial charge in [-0.05, 0) is 56.7 Å². The minimum Gasteiger partial charge on any atom is -0.466 e. The molecule has 1 aromatic carbocycles. The zero-order valence-corrected chi connectivity index (χ0v) is 22.2. The van der Waals surface area contributed by atoms with Crippen LogP contribution in [0.2, 0.25) is 5.02 Å². The zero-order chi connectivity index (χ0) is 25.8. The summed E-state index contributed by atoms with van der Waals surface area (Å²) in [6.07, 6.45) is 1.58. The van der Waals surface area contributed by atoms with Gasteiger partial charge in [0.05, 0.1) is 42.9 Å². The molecule has 36 heavy (non-hydrogen) atoms. The highest BCUT2D eigenvalue weighted by molar-refractivity contribution is 8.16. The van der Waals surface area contributed by atoms with Crippen LogP contribution in [0.25, 0.3) is 0 Å². The highest BCUT2D eigenvalue weighted by Crippen LogP contribution is 2.45. The van der Waals surface area contributed by atoms with Crippen LogP contribution in [0.4, 0.5) is 0 Å². The van der Waals surface area contributed by atoms with Gasteiger partial charge in [0.2, 0.25) is 5.91 Å². The second-order valence-electron chi connectivity index (χ2n) is 8.78. The standard InChI is InChI=1S/C26H30ClN3O5S/c1-4-34-24(32)18-9-7-11-29(14-18)21(31)13-20-15-36-26-28-16(3)22(25(33)35-5-2)23(30(20)26)17-8-6-10-19(27)12-17/h6,8,10,12,15,18,23H,4-5,7,9,11,13-14H2,1-3H3/t18-,23+/m1/s1. The average Bonchev–Trinajstić information content (AvgIpc) is 3.25. The van der Waals surface area contributed by atoms with Crippen LogP contribution in [0.3, 0.4) is 0 Å². The monoisotopic (exact) mass is 531 g/mol. The Morgan fingerprint density at radius 3 is 2.69 bits per heavy atom. The molecule has 8 nitrogen and oxygen atoms in total. The van der Waals surface area contributed by atoms with E-state index < -0.39 is 12.0 Å². The van der Waals surface area contributed by atoms with Crippen LogP contribution < -0.4 is 0 Å². The van der Waals surface area contributed by atoms with Gasteiger partial charge in [0.15, 0.2) is 5.17 Å². The molecule has 3 aliphatic rings. The normalized spacial score (nSPS) is 21.6. The maximum absolute atomic E-state index is 13.4. The number of ether oxygens (including phenoxy) is 2. The number of halogens is 1. The van der Waals surface area contributed by atoms with Crippen molar-refractivity contribution in [3.05, 3.63) is 57.2 Å². The minimum absolute atomic E-state index is 0.0779. The lowest BCUT2D eigenvalue weighted by Crippen LogP contribution is -2.44. The van der Waals surface area contributed by atoms with Crippen LogP contribution in [-0.4, -0.2) is 59.1 Å². The second-order valence-corrected chi connectivity index (χ2v) is 10.0. The molecule has 0 spiro atoms. The number of allylic oxidation sites excluding steroid dienone is 1. The maximum atomic E-state index is 13.4. The molecular weight excluding hydrogens is 502 g/mol. The van der Waals surface area contributed by atoms with E-state index in [0.29, 0.717) is 47.6 Å². The van der Waals surface area contributed by atoms with E-state index in [9.17, 15) is 14.4 Å². The second kappa shape index (κ2) is 11.5. The lowest BCUT2D eigenvalue weighted by atomic mass is 9.93. The third-order valence-electron chi connectivity index (χ3n) is 6.39. The van der Waals surface area contributed by atoms with Crippen LogP contribution in [0.1, 0.15) is 51.6 Å². The molecule has 1 aromatic rings. The summed E-state index contributed by atoms with van der Waals surface area (Å²) in [7, 11) is 0. The van der Waals surface area contributed by atoms with Crippen LogP contribution in [-0.2, 0) is 23.9 Å². The van der Waals surface area contributed by atoms with Crippen molar-refractivity contribution in [2.24, 2.45) is 10.9 Å². The Bertz CT molecular complexity index is 1150. The third-order valence-corrected chi connectivity index (χ3v) is 7.51. The largest absolute Gasteiger partial charge is 0.466 e. The van der Waals surface area contributed by atoms with Gasteiger partial charge in [0.25, 0.3) is 0 Å². The first-order chi connectivity index (χ1) is 17.3. The van der Waals surface area contributed by atoms with E-state index in [1.54, 1.807) is 31.7 Å². The predicted molar refractivity (Wildman–Crippen MR) is 139 cm³/mol. The lowest BCUT2D eigenvalue weighted by Gasteiger charge is -2.37. The molecule has 1 fully saturated rings. The van der Waals surface area contributed by atoms with Crippen molar-refractivity contribution in [2.45, 2.75) is 46.1 Å². The number of hydrogen-bond acceptors (Lipinski definition) is 8. The molecular formula is C26H30ClN3O5S. The number of piperidine rings is 1. The van der Waals surface area contributed by atoms with E-state index in [2.05, 4.69) is 4.99 Å². The van der Waals surface area contributed by atoms with Crippen molar-refractivity contribution in [1.29, 1.82) is 0 Å². The number of hydrogen-bond donors (Lipinski definition) is 0. The van der Waals surface area contributed by atoms with Crippen LogP contribution in [0.5, 0.6) is 0 Å². The molecule has 2 atom stereocenters. The minimum atomic E-state index is -0.530. The molecule has 1 amide bonds. The summed E-state index contributed by atoms with van der Waals surface area (Å²) in [4.78, 5) is 47.0. The van der Waals surface area contributed by atoms with Gasteiger partial charge in [-0.1, -0.05) is 35.5 Å². The molecule has 1 saturated heterocycles. The summed E-state index contributed by atoms with van der Waals surface area (Å²) in [6, 6.07) is 6.81. The van der Waals surface area contributed by atoms with Crippen LogP contribution in [0, 0.1) is 5.92 Å². The molecule has 10 heteroatoms. The number of amidine groups is 1. The van der Waals surface area contributed by atoms with E-state index >= 15 is 0 Å². The fraction of sp³-hybridized carbons (Fsp3) is 0.462. The van der Waals surface area contributed by atoms with Gasteiger partial charge in [0.1, 0.15) is 0 Å². The van der Waals surface area contributed by atoms with Crippen LogP contribution >= 0.6 is 23.4 Å². The molecule has 0 aliphatic carbocycles. The summed E-state index contributed by atoms with van der Waals surface area (Å²) in [5, 5.41) is 3.14. The quantitative estimate of drug-likeness (QED) is 0.472. The van der Waals surface area contributed by atoms with Crippen molar-refractivity contribution >= 4 is 46.4 Å². The van der Waals surface area contributed by atoms with Gasteiger partial charge < -0.3 is 19.3 Å². The summed E-state index contributed by atoms with van der Waals surface area (Å²) < 4.78 is 10.6. The van der Waals surface area contributed by atoms with E-state index in [1.165, 1.54) is 11.8 Å². The molecule has 3 heterocycles. The topological polar surface area (TPSA) is 88.5 Å². The predicted octanol–water partition coefficient (Wildman–Crippen LogP) is 4.67. The van der Waals surface area contributed by atoms with Gasteiger partial charge >= 0.3 is 11.9 Å². The first-order valence-electron chi connectivity index (χ1n) is 12.1. The number of esters is 2. The Kier molecular flexibility index (Phi) is 8.41. The van der Waals surface area contributed by atoms with Gasteiger partial charge in [-0.2, -0.15) is 0 Å². The molecule has 0 aromatic heterocycles. The van der Waals surface area contributed by atoms with Gasteiger partial charge in [-0.25, -0.2) is 9.79 Å². The van der Waals surface area contributed by atoms with Crippen LogP contribution in [0.15, 0.2) is 51.6 Å². The zero-order valence-electron chi connectivity index (χ0n) is 20.7. The van der Waals surface area contributed by atoms with Crippen molar-refractivity contribution in [3.8, 4) is 0 Å². The molecule has 0 unspecified atom stereocenters. The molecule has 0 saturated carbocycles. The number of likely N-dealkylation sites (tertiary alicyclic amines) is 1. The van der Waals surface area contributed by atoms with E-state index in [0.717, 1.165) is 17.7 Å². The summed E-state index contributed by atoms with van der Waals surface area (Å²) >= 11 is 7.73. The fourth-order valence-electron chi connectivity index (χ4n) is 4.75. The number of amides is 1. The Balaban J connectivity index is 1.60. The number of carbonyl (C=O) groups excluding carboxylic acids is 3. The molecule has 0 bridgehead atoms. The highest BCUT2D eigenvalue weighted by atomic mass is 35.5. The first kappa shape index (κ1) is 26.3. The molecule has 0 radical (unpaired) electrons. The molecule has 4 rings (SSSR count). The Hall–Kier alpha value is -2.78. The van der Waals surface area contributed by atoms with Crippen molar-refractivity contribution < 1.29 is 23.9 Å². The Labute approximate surface area is 220 Å². The maximum Gasteiger partial charge on any atom is 0.338 e. The third kappa shape index (κ3) is 5.47. The Morgan fingerprint density at radius 2 is 1.97 bits per heavy atom. The number of nitrogens with zero attached hydrogens (tertiary/aromatic N) is 3. The number of aliphatic imine (C=N–C) groups is 1. The van der Waals surface area contributed by atoms with Gasteiger partial charge in [0, 0.05) is 23.8 Å². The van der Waals surface area contributed by atoms with E-state index in [-0.39, 0.29) is 30.8 Å². The van der Waals surface area contributed by atoms with Crippen molar-refractivity contribution in [2.75, 3.05) is 26.3 Å². The van der Waals surface area contributed by atoms with Crippen molar-refractivity contribution in [1.82, 2.24) is 9.80 Å². The average molecular weight is 532 g/mol. The SMILES string of the molecule is CCOC(=O)C1=C(C)N=C2SC=C(CC(=O)N3CCC[C@@H](C(=O)OCC)C3)N2[C@H]1c1cccc(Cl)c1. The smallest absolute Gasteiger partial charge is 0.338 e. The highest BCUT2D eigenvalue weighted by Gasteiger charge is 2.41. The number of carbonyl (C=O) groups is 3. The number of thioether (sulfide) groups is 1. The summed E-state index contributed by atoms with van der Waals surface area (Å²) in [6.45, 7) is 6.85. The molecule has 0 N–H and O–H groups in total. The first-order valence-corrected chi connectivity index (χ1v) is 13.4. The summed E-state index contributed by atoms with van der Waals surface area (Å²) in [5.41, 5.74) is 2.54. The number of rotatable bonds is 7. The Morgan fingerprint density at radius 1 is 1.19 bits per heavy atom. The molecule has 192 valence electrons. The van der Waals surface area contributed by atoms with E-state index in [1.807, 2.05) is 28.5 Å². The summed E-state index contributed by atoms with van der Waals surface area (Å²) in [5.74, 6) is -1.08. The van der Waals surface area contributed by atoms with E-state index in [4.69, 9.17) is 21.1 Å². The number of fused-ring (bicyclic) bond motifs is 1. The number of benzene rings is 1. The van der Waals surface area contributed by atoms with Gasteiger partial charge in [-0.3, -0.25) is 9.59 Å².